The summed E-state index contributed by atoms with van der Waals surface area (Å²) in [6, 6.07) is 0. The number of hydrogen-bond donors (Lipinski definition) is 1. The molecule has 0 unspecified atom stereocenters. The number of aromatic nitrogens is 4. The smallest absolute Gasteiger partial charge is 0.133 e. The van der Waals surface area contributed by atoms with Crippen LogP contribution in [-0.4, -0.2) is 31.4 Å². The van der Waals surface area contributed by atoms with Crippen molar-refractivity contribution >= 4 is 0 Å². The summed E-state index contributed by atoms with van der Waals surface area (Å²) >= 11 is 0. The van der Waals surface area contributed by atoms with Gasteiger partial charge in [-0.05, 0) is 0 Å². The Balaban J connectivity index is 1.75. The van der Waals surface area contributed by atoms with Gasteiger partial charge in [-0.2, -0.15) is 0 Å². The number of nitrogens with one attached hydrogen (secondary N) is 1. The number of aromatic amines is 1. The Morgan fingerprint density at radius 3 is 2.85 bits per heavy atom. The molecular weight excluding hydrogens is 250 g/mol. The number of rotatable bonds is 2. The molecule has 3 rings (SSSR count). The van der Waals surface area contributed by atoms with E-state index in [1.807, 2.05) is 12.4 Å². The van der Waals surface area contributed by atoms with Crippen molar-refractivity contribution in [3.63, 3.8) is 0 Å². The minimum absolute atomic E-state index is 0.0142. The van der Waals surface area contributed by atoms with E-state index >= 15 is 0 Å². The van der Waals surface area contributed by atoms with E-state index in [1.54, 1.807) is 6.20 Å². The maximum Gasteiger partial charge on any atom is 0.133 e. The van der Waals surface area contributed by atoms with Crippen LogP contribution in [0.15, 0.2) is 18.6 Å². The fourth-order valence-corrected chi connectivity index (χ4v) is 2.47. The summed E-state index contributed by atoms with van der Waals surface area (Å²) in [6.45, 7) is 9.24. The van der Waals surface area contributed by atoms with E-state index in [-0.39, 0.29) is 5.41 Å². The molecule has 106 valence electrons. The van der Waals surface area contributed by atoms with E-state index in [0.29, 0.717) is 0 Å². The second-order valence-electron chi connectivity index (χ2n) is 6.41. The maximum absolute atomic E-state index is 4.75. The Hall–Kier alpha value is -1.75. The highest BCUT2D eigenvalue weighted by atomic mass is 15.2. The van der Waals surface area contributed by atoms with Gasteiger partial charge in [0.15, 0.2) is 0 Å². The predicted octanol–water partition coefficient (Wildman–Crippen LogP) is 2.06. The SMILES string of the molecule is CC(C)(C)c1ncc2c(n1)CCN(Cc1ncc[nH]1)C2. The quantitative estimate of drug-likeness (QED) is 0.908. The van der Waals surface area contributed by atoms with Crippen LogP contribution >= 0.6 is 0 Å². The second-order valence-corrected chi connectivity index (χ2v) is 6.41. The molecule has 0 radical (unpaired) electrons. The molecule has 0 bridgehead atoms. The number of imidazole rings is 1. The number of fused-ring (bicyclic) bond motifs is 1. The highest BCUT2D eigenvalue weighted by Gasteiger charge is 2.23. The molecule has 1 aliphatic heterocycles. The highest BCUT2D eigenvalue weighted by Crippen LogP contribution is 2.22. The average Bonchev–Trinajstić information content (AvgIpc) is 2.90. The van der Waals surface area contributed by atoms with Gasteiger partial charge in [0.25, 0.3) is 0 Å². The van der Waals surface area contributed by atoms with Crippen LogP contribution in [0.4, 0.5) is 0 Å². The van der Waals surface area contributed by atoms with Crippen molar-refractivity contribution in [3.05, 3.63) is 41.5 Å². The standard InChI is InChI=1S/C15H21N5/c1-15(2,3)14-18-8-11-9-20(7-4-12(11)19-14)10-13-16-5-6-17-13/h5-6,8H,4,7,9-10H2,1-3H3,(H,16,17). The molecule has 0 saturated carbocycles. The molecule has 20 heavy (non-hydrogen) atoms. The lowest BCUT2D eigenvalue weighted by Crippen LogP contribution is -2.32. The zero-order valence-electron chi connectivity index (χ0n) is 12.3. The third-order valence-corrected chi connectivity index (χ3v) is 3.61. The van der Waals surface area contributed by atoms with Crippen LogP contribution in [0, 0.1) is 0 Å². The van der Waals surface area contributed by atoms with E-state index in [2.05, 4.69) is 40.6 Å². The van der Waals surface area contributed by atoms with Gasteiger partial charge < -0.3 is 4.98 Å². The summed E-state index contributed by atoms with van der Waals surface area (Å²) in [6.07, 6.45) is 6.65. The largest absolute Gasteiger partial charge is 0.348 e. The molecule has 0 amide bonds. The first-order chi connectivity index (χ1) is 9.52. The molecule has 0 aromatic carbocycles. The van der Waals surface area contributed by atoms with Crippen LogP contribution in [0.2, 0.25) is 0 Å². The summed E-state index contributed by atoms with van der Waals surface area (Å²) in [5.74, 6) is 1.96. The summed E-state index contributed by atoms with van der Waals surface area (Å²) in [5, 5.41) is 0. The number of hydrogen-bond acceptors (Lipinski definition) is 4. The maximum atomic E-state index is 4.75. The first kappa shape index (κ1) is 13.2. The van der Waals surface area contributed by atoms with Gasteiger partial charge in [-0.15, -0.1) is 0 Å². The molecule has 0 saturated heterocycles. The van der Waals surface area contributed by atoms with Gasteiger partial charge >= 0.3 is 0 Å². The van der Waals surface area contributed by atoms with Gasteiger partial charge in [0.2, 0.25) is 0 Å². The summed E-state index contributed by atoms with van der Waals surface area (Å²) in [4.78, 5) is 19.1. The molecule has 0 atom stereocenters. The molecule has 5 nitrogen and oxygen atoms in total. The van der Waals surface area contributed by atoms with Crippen LogP contribution in [0.1, 0.15) is 43.7 Å². The number of nitrogens with zero attached hydrogens (tertiary/aromatic N) is 4. The fraction of sp³-hybridized carbons (Fsp3) is 0.533. The zero-order valence-corrected chi connectivity index (χ0v) is 12.3. The van der Waals surface area contributed by atoms with Gasteiger partial charge in [-0.1, -0.05) is 20.8 Å². The Morgan fingerprint density at radius 2 is 2.15 bits per heavy atom. The summed E-state index contributed by atoms with van der Waals surface area (Å²) in [7, 11) is 0. The van der Waals surface area contributed by atoms with Crippen LogP contribution in [0.5, 0.6) is 0 Å². The van der Waals surface area contributed by atoms with Crippen molar-refractivity contribution in [2.75, 3.05) is 6.54 Å². The monoisotopic (exact) mass is 271 g/mol. The molecule has 3 heterocycles. The molecular formula is C15H21N5. The van der Waals surface area contributed by atoms with Gasteiger partial charge in [0.05, 0.1) is 6.54 Å². The van der Waals surface area contributed by atoms with Gasteiger partial charge in [0, 0.05) is 54.8 Å². The first-order valence-corrected chi connectivity index (χ1v) is 7.08. The van der Waals surface area contributed by atoms with E-state index in [4.69, 9.17) is 4.98 Å². The molecule has 5 heteroatoms. The van der Waals surface area contributed by atoms with Crippen molar-refractivity contribution in [1.82, 2.24) is 24.8 Å². The molecule has 0 spiro atoms. The van der Waals surface area contributed by atoms with E-state index < -0.39 is 0 Å². The molecule has 2 aromatic rings. The molecule has 1 aliphatic rings. The first-order valence-electron chi connectivity index (χ1n) is 7.08. The van der Waals surface area contributed by atoms with Crippen LogP contribution in [-0.2, 0) is 24.9 Å². The molecule has 0 fully saturated rings. The van der Waals surface area contributed by atoms with Crippen LogP contribution < -0.4 is 0 Å². The normalized spacial score (nSPS) is 16.1. The van der Waals surface area contributed by atoms with Crippen molar-refractivity contribution < 1.29 is 0 Å². The third-order valence-electron chi connectivity index (χ3n) is 3.61. The molecule has 0 aliphatic carbocycles. The fourth-order valence-electron chi connectivity index (χ4n) is 2.47. The van der Waals surface area contributed by atoms with Crippen molar-refractivity contribution in [2.45, 2.75) is 45.7 Å². The Bertz CT molecular complexity index is 583. The zero-order chi connectivity index (χ0) is 14.2. The van der Waals surface area contributed by atoms with Crippen molar-refractivity contribution in [3.8, 4) is 0 Å². The van der Waals surface area contributed by atoms with E-state index in [0.717, 1.165) is 37.7 Å². The highest BCUT2D eigenvalue weighted by molar-refractivity contribution is 5.22. The molecule has 2 aromatic heterocycles. The van der Waals surface area contributed by atoms with Gasteiger partial charge in [0.1, 0.15) is 11.6 Å². The van der Waals surface area contributed by atoms with E-state index in [9.17, 15) is 0 Å². The summed E-state index contributed by atoms with van der Waals surface area (Å²) in [5.41, 5.74) is 2.47. The van der Waals surface area contributed by atoms with Crippen molar-refractivity contribution in [1.29, 1.82) is 0 Å². The lowest BCUT2D eigenvalue weighted by Gasteiger charge is -2.28. The number of H-pyrrole nitrogens is 1. The topological polar surface area (TPSA) is 57.7 Å². The lowest BCUT2D eigenvalue weighted by atomic mass is 9.95. The van der Waals surface area contributed by atoms with Crippen LogP contribution in [0.25, 0.3) is 0 Å². The minimum Gasteiger partial charge on any atom is -0.348 e. The van der Waals surface area contributed by atoms with E-state index in [1.165, 1.54) is 11.3 Å². The average molecular weight is 271 g/mol. The lowest BCUT2D eigenvalue weighted by molar-refractivity contribution is 0.237. The van der Waals surface area contributed by atoms with Crippen molar-refractivity contribution in [2.24, 2.45) is 0 Å². The predicted molar refractivity (Wildman–Crippen MR) is 77.1 cm³/mol. The van der Waals surface area contributed by atoms with Crippen LogP contribution in [0.3, 0.4) is 0 Å². The minimum atomic E-state index is 0.0142. The molecule has 1 N–H and O–H groups in total. The Kier molecular flexibility index (Phi) is 3.30. The second kappa shape index (κ2) is 4.98. The van der Waals surface area contributed by atoms with Gasteiger partial charge in [-0.25, -0.2) is 15.0 Å². The Labute approximate surface area is 119 Å². The van der Waals surface area contributed by atoms with Gasteiger partial charge in [-0.3, -0.25) is 4.90 Å². The third kappa shape index (κ3) is 2.72. The summed E-state index contributed by atoms with van der Waals surface area (Å²) < 4.78 is 0. The Morgan fingerprint density at radius 1 is 1.30 bits per heavy atom.